The smallest absolute Gasteiger partial charge is 0.321 e. The van der Waals surface area contributed by atoms with Crippen molar-refractivity contribution in [2.75, 3.05) is 20.6 Å². The maximum atomic E-state index is 11.5. The molecule has 1 aromatic carbocycles. The minimum absolute atomic E-state index is 0.00759. The molecule has 0 bridgehead atoms. The molecule has 0 unspecified atom stereocenters. The van der Waals surface area contributed by atoms with E-state index in [-0.39, 0.29) is 12.8 Å². The quantitative estimate of drug-likeness (QED) is 0.727. The summed E-state index contributed by atoms with van der Waals surface area (Å²) >= 11 is 0. The van der Waals surface area contributed by atoms with Crippen LogP contribution >= 0.6 is 0 Å². The summed E-state index contributed by atoms with van der Waals surface area (Å²) in [7, 11) is 3.58. The lowest BCUT2D eigenvalue weighted by atomic mass is 9.78. The van der Waals surface area contributed by atoms with Gasteiger partial charge in [0.2, 0.25) is 0 Å². The highest BCUT2D eigenvalue weighted by atomic mass is 16.4. The number of rotatable bonds is 7. The summed E-state index contributed by atoms with van der Waals surface area (Å²) in [5.74, 6) is -2.57. The monoisotopic (exact) mass is 265 g/mol. The predicted octanol–water partition coefficient (Wildman–Crippen LogP) is 1.34. The number of benzene rings is 1. The van der Waals surface area contributed by atoms with E-state index in [1.54, 1.807) is 43.3 Å². The van der Waals surface area contributed by atoms with Crippen LogP contribution in [0.4, 0.5) is 0 Å². The summed E-state index contributed by atoms with van der Waals surface area (Å²) in [6, 6.07) is 8.85. The fourth-order valence-electron chi connectivity index (χ4n) is 1.90. The van der Waals surface area contributed by atoms with Crippen molar-refractivity contribution in [3.8, 4) is 0 Å². The molecule has 0 atom stereocenters. The van der Waals surface area contributed by atoms with Crippen molar-refractivity contribution in [1.29, 1.82) is 0 Å². The van der Waals surface area contributed by atoms with Crippen LogP contribution in [0.3, 0.4) is 0 Å². The van der Waals surface area contributed by atoms with E-state index in [1.807, 2.05) is 6.07 Å². The Bertz CT molecular complexity index is 428. The molecule has 0 aromatic heterocycles. The average Bonchev–Trinajstić information content (AvgIpc) is 2.34. The molecule has 0 amide bonds. The van der Waals surface area contributed by atoms with Crippen molar-refractivity contribution < 1.29 is 19.8 Å². The molecule has 0 aliphatic rings. The van der Waals surface area contributed by atoms with Crippen LogP contribution in [-0.4, -0.2) is 47.7 Å². The Morgan fingerprint density at radius 2 is 1.63 bits per heavy atom. The number of carbonyl (C=O) groups is 2. The molecular formula is C14H19NO4. The SMILES string of the molecule is CN(C)CCC(Cc1ccccc1)(C(=O)O)C(=O)O. The molecular weight excluding hydrogens is 246 g/mol. The lowest BCUT2D eigenvalue weighted by molar-refractivity contribution is -0.165. The second-order valence-corrected chi connectivity index (χ2v) is 4.91. The summed E-state index contributed by atoms with van der Waals surface area (Å²) in [6.07, 6.45) is 0.0614. The average molecular weight is 265 g/mol. The number of hydrogen-bond donors (Lipinski definition) is 2. The first-order valence-electron chi connectivity index (χ1n) is 6.04. The van der Waals surface area contributed by atoms with E-state index in [1.165, 1.54) is 0 Å². The first-order chi connectivity index (χ1) is 8.88. The van der Waals surface area contributed by atoms with Crippen LogP contribution in [0.2, 0.25) is 0 Å². The van der Waals surface area contributed by atoms with Crippen molar-refractivity contribution in [3.63, 3.8) is 0 Å². The Hall–Kier alpha value is -1.88. The molecule has 0 fully saturated rings. The molecule has 0 heterocycles. The highest BCUT2D eigenvalue weighted by molar-refractivity contribution is 5.98. The molecule has 5 nitrogen and oxygen atoms in total. The van der Waals surface area contributed by atoms with Gasteiger partial charge in [-0.05, 0) is 39.0 Å². The van der Waals surface area contributed by atoms with Gasteiger partial charge in [0.15, 0.2) is 5.41 Å². The highest BCUT2D eigenvalue weighted by Crippen LogP contribution is 2.28. The molecule has 0 spiro atoms. The van der Waals surface area contributed by atoms with E-state index in [4.69, 9.17) is 0 Å². The van der Waals surface area contributed by atoms with Crippen molar-refractivity contribution in [2.24, 2.45) is 5.41 Å². The third-order valence-corrected chi connectivity index (χ3v) is 3.15. The molecule has 0 saturated carbocycles. The van der Waals surface area contributed by atoms with E-state index in [2.05, 4.69) is 0 Å². The Morgan fingerprint density at radius 3 is 2.05 bits per heavy atom. The van der Waals surface area contributed by atoms with Crippen LogP contribution in [0, 0.1) is 5.41 Å². The Balaban J connectivity index is 3.03. The van der Waals surface area contributed by atoms with Gasteiger partial charge >= 0.3 is 11.9 Å². The molecule has 0 saturated heterocycles. The van der Waals surface area contributed by atoms with Crippen LogP contribution in [0.25, 0.3) is 0 Å². The van der Waals surface area contributed by atoms with Gasteiger partial charge in [-0.15, -0.1) is 0 Å². The Morgan fingerprint density at radius 1 is 1.11 bits per heavy atom. The van der Waals surface area contributed by atoms with Gasteiger partial charge in [0.25, 0.3) is 0 Å². The number of carboxylic acid groups (broad SMARTS) is 2. The van der Waals surface area contributed by atoms with Crippen LogP contribution in [0.15, 0.2) is 30.3 Å². The summed E-state index contributed by atoms with van der Waals surface area (Å²) < 4.78 is 0. The first kappa shape index (κ1) is 15.2. The number of nitrogens with zero attached hydrogens (tertiary/aromatic N) is 1. The molecule has 0 aliphatic heterocycles. The summed E-state index contributed by atoms with van der Waals surface area (Å²) in [5.41, 5.74) is -1.06. The van der Waals surface area contributed by atoms with Crippen molar-refractivity contribution in [1.82, 2.24) is 4.90 Å². The van der Waals surface area contributed by atoms with E-state index in [0.29, 0.717) is 12.1 Å². The zero-order chi connectivity index (χ0) is 14.5. The fourth-order valence-corrected chi connectivity index (χ4v) is 1.90. The fraction of sp³-hybridized carbons (Fsp3) is 0.429. The molecule has 104 valence electrons. The van der Waals surface area contributed by atoms with Gasteiger partial charge in [-0.25, -0.2) is 0 Å². The first-order valence-corrected chi connectivity index (χ1v) is 6.04. The zero-order valence-electron chi connectivity index (χ0n) is 11.2. The maximum Gasteiger partial charge on any atom is 0.321 e. The van der Waals surface area contributed by atoms with Crippen LogP contribution in [0.5, 0.6) is 0 Å². The van der Waals surface area contributed by atoms with Gasteiger partial charge in [-0.1, -0.05) is 30.3 Å². The van der Waals surface area contributed by atoms with E-state index < -0.39 is 17.4 Å². The summed E-state index contributed by atoms with van der Waals surface area (Å²) in [5, 5.41) is 18.7. The lowest BCUT2D eigenvalue weighted by Crippen LogP contribution is -2.43. The van der Waals surface area contributed by atoms with Gasteiger partial charge in [0.1, 0.15) is 0 Å². The number of hydrogen-bond acceptors (Lipinski definition) is 3. The minimum Gasteiger partial charge on any atom is -0.480 e. The molecule has 1 rings (SSSR count). The highest BCUT2D eigenvalue weighted by Gasteiger charge is 2.46. The largest absolute Gasteiger partial charge is 0.480 e. The van der Waals surface area contributed by atoms with E-state index >= 15 is 0 Å². The lowest BCUT2D eigenvalue weighted by Gasteiger charge is -2.26. The zero-order valence-corrected chi connectivity index (χ0v) is 11.2. The second-order valence-electron chi connectivity index (χ2n) is 4.91. The topological polar surface area (TPSA) is 77.8 Å². The number of aliphatic carboxylic acids is 2. The van der Waals surface area contributed by atoms with Crippen molar-refractivity contribution in [3.05, 3.63) is 35.9 Å². The van der Waals surface area contributed by atoms with Gasteiger partial charge in [0, 0.05) is 0 Å². The molecule has 0 radical (unpaired) electrons. The van der Waals surface area contributed by atoms with E-state index in [9.17, 15) is 19.8 Å². The van der Waals surface area contributed by atoms with Crippen LogP contribution in [-0.2, 0) is 16.0 Å². The van der Waals surface area contributed by atoms with Crippen LogP contribution < -0.4 is 0 Å². The van der Waals surface area contributed by atoms with E-state index in [0.717, 1.165) is 0 Å². The molecule has 0 aliphatic carbocycles. The summed E-state index contributed by atoms with van der Waals surface area (Å²) in [4.78, 5) is 24.7. The van der Waals surface area contributed by atoms with Gasteiger partial charge in [-0.2, -0.15) is 0 Å². The van der Waals surface area contributed by atoms with Crippen molar-refractivity contribution in [2.45, 2.75) is 12.8 Å². The standard InChI is InChI=1S/C14H19NO4/c1-15(2)9-8-14(12(16)17,13(18)19)10-11-6-4-3-5-7-11/h3-7H,8-10H2,1-2H3,(H,16,17)(H,18,19). The van der Waals surface area contributed by atoms with Gasteiger partial charge in [0.05, 0.1) is 0 Å². The second kappa shape index (κ2) is 6.33. The predicted molar refractivity (Wildman–Crippen MR) is 71.0 cm³/mol. The van der Waals surface area contributed by atoms with Crippen LogP contribution in [0.1, 0.15) is 12.0 Å². The third kappa shape index (κ3) is 3.79. The molecule has 5 heteroatoms. The van der Waals surface area contributed by atoms with Gasteiger partial charge in [-0.3, -0.25) is 9.59 Å². The molecule has 1 aromatic rings. The third-order valence-electron chi connectivity index (χ3n) is 3.15. The molecule has 19 heavy (non-hydrogen) atoms. The van der Waals surface area contributed by atoms with Crippen molar-refractivity contribution >= 4 is 11.9 Å². The normalized spacial score (nSPS) is 11.5. The summed E-state index contributed by atoms with van der Waals surface area (Å²) in [6.45, 7) is 0.408. The minimum atomic E-state index is -1.77. The maximum absolute atomic E-state index is 11.5. The van der Waals surface area contributed by atoms with Gasteiger partial charge < -0.3 is 15.1 Å². The Labute approximate surface area is 112 Å². The Kier molecular flexibility index (Phi) is 5.06. The number of carboxylic acids is 2. The molecule has 2 N–H and O–H groups in total.